The fourth-order valence-corrected chi connectivity index (χ4v) is 5.14. The molecule has 0 bridgehead atoms. The highest BCUT2D eigenvalue weighted by atomic mass is 16.7. The number of benzene rings is 1. The summed E-state index contributed by atoms with van der Waals surface area (Å²) >= 11 is 0. The molecular formula is C21H29BO3. The molecule has 1 aliphatic carbocycles. The summed E-state index contributed by atoms with van der Waals surface area (Å²) < 4.78 is 18.8. The maximum absolute atomic E-state index is 6.58. The molecule has 1 aliphatic heterocycles. The number of furan rings is 1. The summed E-state index contributed by atoms with van der Waals surface area (Å²) in [5, 5.41) is 1.18. The Balaban J connectivity index is 1.58. The summed E-state index contributed by atoms with van der Waals surface area (Å²) in [5.41, 5.74) is 3.37. The minimum Gasteiger partial charge on any atom is -0.464 e. The average molecular weight is 340 g/mol. The standard InChI is InChI=1S/C21H29BO3/c1-14-8-6-9-16-15(13-23-19(14)16)12-22-24-18-11-7-10-17(20(2,3)4)21(18,5)25-22/h6,8-9,13,17-18H,7,10-12H2,1-5H3/t17-,18?,21-/m0/s1. The van der Waals surface area contributed by atoms with Gasteiger partial charge in [-0.1, -0.05) is 45.4 Å². The molecule has 2 aromatic rings. The van der Waals surface area contributed by atoms with E-state index < -0.39 is 0 Å². The summed E-state index contributed by atoms with van der Waals surface area (Å²) in [6.45, 7) is 11.3. The Hall–Kier alpha value is -1.26. The van der Waals surface area contributed by atoms with E-state index in [-0.39, 0.29) is 24.2 Å². The van der Waals surface area contributed by atoms with E-state index in [0.29, 0.717) is 5.92 Å². The Morgan fingerprint density at radius 1 is 1.24 bits per heavy atom. The van der Waals surface area contributed by atoms with E-state index >= 15 is 0 Å². The highest BCUT2D eigenvalue weighted by molar-refractivity contribution is 6.45. The molecule has 3 atom stereocenters. The Kier molecular flexibility index (Phi) is 4.04. The fraction of sp³-hybridized carbons (Fsp3) is 0.619. The third kappa shape index (κ3) is 2.84. The van der Waals surface area contributed by atoms with E-state index in [4.69, 9.17) is 13.7 Å². The zero-order valence-corrected chi connectivity index (χ0v) is 16.1. The third-order valence-corrected chi connectivity index (χ3v) is 6.30. The van der Waals surface area contributed by atoms with E-state index in [1.807, 2.05) is 6.26 Å². The zero-order chi connectivity index (χ0) is 17.8. The number of para-hydroxylation sites is 1. The van der Waals surface area contributed by atoms with Crippen LogP contribution >= 0.6 is 0 Å². The van der Waals surface area contributed by atoms with E-state index in [1.165, 1.54) is 29.4 Å². The largest absolute Gasteiger partial charge is 0.464 e. The monoisotopic (exact) mass is 340 g/mol. The molecular weight excluding hydrogens is 311 g/mol. The molecule has 0 amide bonds. The quantitative estimate of drug-likeness (QED) is 0.692. The molecule has 4 heteroatoms. The van der Waals surface area contributed by atoms with Crippen molar-refractivity contribution < 1.29 is 13.7 Å². The van der Waals surface area contributed by atoms with Gasteiger partial charge in [-0.05, 0) is 49.1 Å². The van der Waals surface area contributed by atoms with Crippen LogP contribution in [-0.2, 0) is 15.6 Å². The van der Waals surface area contributed by atoms with Crippen molar-refractivity contribution >= 4 is 18.1 Å². The maximum atomic E-state index is 6.58. The molecule has 3 nitrogen and oxygen atoms in total. The minimum absolute atomic E-state index is 0.181. The fourth-order valence-electron chi connectivity index (χ4n) is 5.14. The summed E-state index contributed by atoms with van der Waals surface area (Å²) in [6, 6.07) is 6.30. The van der Waals surface area contributed by atoms with Crippen LogP contribution in [0, 0.1) is 18.3 Å². The highest BCUT2D eigenvalue weighted by Gasteiger charge is 2.56. The van der Waals surface area contributed by atoms with Gasteiger partial charge >= 0.3 is 7.12 Å². The molecule has 4 rings (SSSR count). The SMILES string of the molecule is Cc1cccc2c(CB3OC4CCC[C@@H](C(C)(C)C)[C@]4(C)O3)coc12. The number of hydrogen-bond donors (Lipinski definition) is 0. The van der Waals surface area contributed by atoms with Crippen LogP contribution in [0.15, 0.2) is 28.9 Å². The van der Waals surface area contributed by atoms with Crippen molar-refractivity contribution in [2.24, 2.45) is 11.3 Å². The van der Waals surface area contributed by atoms with Crippen molar-refractivity contribution in [1.29, 1.82) is 0 Å². The number of fused-ring (bicyclic) bond motifs is 2. The second kappa shape index (κ2) is 5.89. The van der Waals surface area contributed by atoms with Crippen molar-refractivity contribution in [2.45, 2.75) is 71.9 Å². The topological polar surface area (TPSA) is 31.6 Å². The Morgan fingerprint density at radius 3 is 2.80 bits per heavy atom. The number of hydrogen-bond acceptors (Lipinski definition) is 3. The first-order chi connectivity index (χ1) is 11.8. The Labute approximate surface area is 151 Å². The molecule has 25 heavy (non-hydrogen) atoms. The second-order valence-electron chi connectivity index (χ2n) is 9.12. The molecule has 0 spiro atoms. The maximum Gasteiger partial charge on any atom is 0.462 e. The smallest absolute Gasteiger partial charge is 0.462 e. The third-order valence-electron chi connectivity index (χ3n) is 6.30. The van der Waals surface area contributed by atoms with Crippen LogP contribution in [0.4, 0.5) is 0 Å². The van der Waals surface area contributed by atoms with Gasteiger partial charge in [-0.2, -0.15) is 0 Å². The predicted octanol–water partition coefficient (Wildman–Crippen LogP) is 5.33. The highest BCUT2D eigenvalue weighted by Crippen LogP contribution is 2.50. The molecule has 1 aromatic heterocycles. The summed E-state index contributed by atoms with van der Waals surface area (Å²) in [4.78, 5) is 0. The van der Waals surface area contributed by atoms with Crippen LogP contribution in [0.1, 0.15) is 58.1 Å². The molecule has 1 saturated carbocycles. The lowest BCUT2D eigenvalue weighted by molar-refractivity contribution is -0.0753. The van der Waals surface area contributed by atoms with E-state index in [0.717, 1.165) is 18.3 Å². The number of aryl methyl sites for hydroxylation is 1. The van der Waals surface area contributed by atoms with Crippen LogP contribution in [0.5, 0.6) is 0 Å². The van der Waals surface area contributed by atoms with E-state index in [9.17, 15) is 0 Å². The van der Waals surface area contributed by atoms with Gasteiger partial charge in [0.1, 0.15) is 5.58 Å². The van der Waals surface area contributed by atoms with Gasteiger partial charge < -0.3 is 13.7 Å². The van der Waals surface area contributed by atoms with Crippen LogP contribution in [-0.4, -0.2) is 18.8 Å². The zero-order valence-electron chi connectivity index (χ0n) is 16.1. The van der Waals surface area contributed by atoms with Gasteiger partial charge in [0, 0.05) is 11.7 Å². The minimum atomic E-state index is -0.184. The molecule has 0 N–H and O–H groups in total. The van der Waals surface area contributed by atoms with Crippen molar-refractivity contribution in [3.05, 3.63) is 35.6 Å². The molecule has 0 radical (unpaired) electrons. The van der Waals surface area contributed by atoms with Crippen LogP contribution < -0.4 is 0 Å². The first-order valence-corrected chi connectivity index (χ1v) is 9.58. The summed E-state index contributed by atoms with van der Waals surface area (Å²) in [5.74, 6) is 0.520. The lowest BCUT2D eigenvalue weighted by Crippen LogP contribution is -2.52. The molecule has 1 aromatic carbocycles. The first kappa shape index (κ1) is 17.2. The molecule has 1 saturated heterocycles. The average Bonchev–Trinajstić information content (AvgIpc) is 3.07. The van der Waals surface area contributed by atoms with Crippen molar-refractivity contribution in [2.75, 3.05) is 0 Å². The van der Waals surface area contributed by atoms with Crippen molar-refractivity contribution in [1.82, 2.24) is 0 Å². The van der Waals surface area contributed by atoms with Gasteiger partial charge in [-0.15, -0.1) is 0 Å². The van der Waals surface area contributed by atoms with Crippen LogP contribution in [0.3, 0.4) is 0 Å². The van der Waals surface area contributed by atoms with E-state index in [1.54, 1.807) is 0 Å². The van der Waals surface area contributed by atoms with Crippen LogP contribution in [0.2, 0.25) is 0 Å². The van der Waals surface area contributed by atoms with Crippen molar-refractivity contribution in [3.63, 3.8) is 0 Å². The van der Waals surface area contributed by atoms with E-state index in [2.05, 4.69) is 52.8 Å². The lowest BCUT2D eigenvalue weighted by atomic mass is 9.63. The second-order valence-corrected chi connectivity index (χ2v) is 9.12. The first-order valence-electron chi connectivity index (χ1n) is 9.58. The molecule has 134 valence electrons. The summed E-state index contributed by atoms with van der Waals surface area (Å²) in [6.07, 6.45) is 6.38. The molecule has 2 aliphatic rings. The summed E-state index contributed by atoms with van der Waals surface area (Å²) in [7, 11) is -0.181. The van der Waals surface area contributed by atoms with Gasteiger partial charge in [0.25, 0.3) is 0 Å². The van der Waals surface area contributed by atoms with Gasteiger partial charge in [0.15, 0.2) is 0 Å². The van der Waals surface area contributed by atoms with Crippen LogP contribution in [0.25, 0.3) is 11.0 Å². The lowest BCUT2D eigenvalue weighted by Gasteiger charge is -2.48. The van der Waals surface area contributed by atoms with Gasteiger partial charge in [0.05, 0.1) is 18.0 Å². The molecule has 2 heterocycles. The molecule has 2 fully saturated rings. The normalized spacial score (nSPS) is 30.0. The predicted molar refractivity (Wildman–Crippen MR) is 102 cm³/mol. The molecule has 1 unspecified atom stereocenters. The number of rotatable bonds is 2. The van der Waals surface area contributed by atoms with Gasteiger partial charge in [-0.3, -0.25) is 0 Å². The van der Waals surface area contributed by atoms with Crippen molar-refractivity contribution in [3.8, 4) is 0 Å². The Morgan fingerprint density at radius 2 is 2.04 bits per heavy atom. The van der Waals surface area contributed by atoms with Gasteiger partial charge in [0.2, 0.25) is 0 Å². The Bertz CT molecular complexity index is 775. The van der Waals surface area contributed by atoms with Gasteiger partial charge in [-0.25, -0.2) is 0 Å².